The first-order chi connectivity index (χ1) is 19.9. The van der Waals surface area contributed by atoms with Gasteiger partial charge in [-0.2, -0.15) is 0 Å². The topological polar surface area (TPSA) is 142 Å². The quantitative estimate of drug-likeness (QED) is 0.214. The molecule has 9 N–H and O–H groups in total. The molecular formula is C30H50N8O3. The molecule has 4 aliphatic heterocycles. The molecule has 8 atom stereocenters. The number of nitrogens with one attached hydrogen (secondary N) is 5. The number of ether oxygens (including phenoxy) is 1. The molecule has 0 bridgehead atoms. The lowest BCUT2D eigenvalue weighted by atomic mass is 9.76. The van der Waals surface area contributed by atoms with Gasteiger partial charge in [0.15, 0.2) is 0 Å². The molecule has 11 heteroatoms. The molecule has 41 heavy (non-hydrogen) atoms. The minimum absolute atomic E-state index is 0.0171. The summed E-state index contributed by atoms with van der Waals surface area (Å²) in [7, 11) is 0. The molecule has 11 nitrogen and oxygen atoms in total. The Morgan fingerprint density at radius 1 is 1.05 bits per heavy atom. The summed E-state index contributed by atoms with van der Waals surface area (Å²) >= 11 is 0. The van der Waals surface area contributed by atoms with Gasteiger partial charge in [-0.05, 0) is 81.9 Å². The van der Waals surface area contributed by atoms with E-state index in [0.717, 1.165) is 18.3 Å². The zero-order valence-electron chi connectivity index (χ0n) is 24.5. The second-order valence-corrected chi connectivity index (χ2v) is 13.6. The first kappa shape index (κ1) is 28.2. The normalized spacial score (nSPS) is 40.7. The van der Waals surface area contributed by atoms with Crippen molar-refractivity contribution in [3.05, 3.63) is 23.8 Å². The van der Waals surface area contributed by atoms with Gasteiger partial charge in [0.05, 0.1) is 42.6 Å². The van der Waals surface area contributed by atoms with E-state index in [9.17, 15) is 10.2 Å². The maximum Gasteiger partial charge on any atom is 0.142 e. The Hall–Kier alpha value is -1.54. The molecule has 2 saturated carbocycles. The largest absolute Gasteiger partial charge is 0.387 e. The monoisotopic (exact) mass is 570 g/mol. The van der Waals surface area contributed by atoms with Crippen LogP contribution in [-0.2, 0) is 4.74 Å². The van der Waals surface area contributed by atoms with E-state index >= 15 is 0 Å². The second-order valence-electron chi connectivity index (χ2n) is 13.6. The standard InChI is InChI=1S/C30H50N8O3/c1-16(2)37(13-23-26(39)27(40)30(41-23)38-15-34-25-28(31)32-14-33-29(25)38)20-10-17(11-20)6-9-24-35-21-8-7-19(12-22(21)36-24)18-4-3-5-18/h7-8,12,16-18,20,23-30,32-36,39-40H,3-6,9-11,13-15,31H2,1-2H3/t17?,20?,23-,24?,25?,26-,27-,28?,29?,30-/m1/s1. The molecule has 1 aromatic rings. The van der Waals surface area contributed by atoms with Gasteiger partial charge in [0.25, 0.3) is 0 Å². The van der Waals surface area contributed by atoms with E-state index < -0.39 is 24.5 Å². The number of hydrogen-bond acceptors (Lipinski definition) is 11. The first-order valence-corrected chi connectivity index (χ1v) is 16.0. The van der Waals surface area contributed by atoms with Gasteiger partial charge in [-0.15, -0.1) is 0 Å². The van der Waals surface area contributed by atoms with Crippen molar-refractivity contribution in [3.63, 3.8) is 0 Å². The summed E-state index contributed by atoms with van der Waals surface area (Å²) in [5.74, 6) is 1.48. The average molecular weight is 571 g/mol. The van der Waals surface area contributed by atoms with Gasteiger partial charge < -0.3 is 31.3 Å². The predicted octanol–water partition coefficient (Wildman–Crippen LogP) is 0.826. The molecular weight excluding hydrogens is 520 g/mol. The van der Waals surface area contributed by atoms with Crippen LogP contribution >= 0.6 is 0 Å². The summed E-state index contributed by atoms with van der Waals surface area (Å²) in [6, 6.07) is 7.77. The number of hydrogen-bond donors (Lipinski definition) is 8. The van der Waals surface area contributed by atoms with Crippen LogP contribution in [0.1, 0.15) is 70.3 Å². The van der Waals surface area contributed by atoms with E-state index in [2.05, 4.69) is 68.4 Å². The van der Waals surface area contributed by atoms with Crippen molar-refractivity contribution in [2.24, 2.45) is 11.7 Å². The summed E-state index contributed by atoms with van der Waals surface area (Å²) < 4.78 is 6.39. The molecule has 2 aliphatic carbocycles. The van der Waals surface area contributed by atoms with Crippen LogP contribution in [-0.4, -0.2) is 101 Å². The van der Waals surface area contributed by atoms with Crippen LogP contribution < -0.4 is 32.3 Å². The highest BCUT2D eigenvalue weighted by atomic mass is 16.6. The van der Waals surface area contributed by atoms with Crippen molar-refractivity contribution in [3.8, 4) is 0 Å². The van der Waals surface area contributed by atoms with Crippen LogP contribution in [0.2, 0.25) is 0 Å². The molecule has 7 rings (SSSR count). The van der Waals surface area contributed by atoms with Crippen LogP contribution in [0, 0.1) is 5.92 Å². The number of rotatable bonds is 9. The maximum atomic E-state index is 11.0. The van der Waals surface area contributed by atoms with Crippen molar-refractivity contribution in [1.82, 2.24) is 25.8 Å². The van der Waals surface area contributed by atoms with Crippen molar-refractivity contribution in [2.75, 3.05) is 30.5 Å². The van der Waals surface area contributed by atoms with Gasteiger partial charge in [-0.25, -0.2) is 4.90 Å². The Bertz CT molecular complexity index is 1070. The lowest BCUT2D eigenvalue weighted by Gasteiger charge is -2.46. The van der Waals surface area contributed by atoms with Crippen LogP contribution in [0.15, 0.2) is 18.2 Å². The maximum absolute atomic E-state index is 11.0. The van der Waals surface area contributed by atoms with Crippen LogP contribution in [0.25, 0.3) is 0 Å². The third kappa shape index (κ3) is 5.38. The molecule has 0 radical (unpaired) electrons. The lowest BCUT2D eigenvalue weighted by molar-refractivity contribution is -0.112. The highest BCUT2D eigenvalue weighted by Crippen LogP contribution is 2.42. The Morgan fingerprint density at radius 2 is 1.85 bits per heavy atom. The lowest BCUT2D eigenvalue weighted by Crippen LogP contribution is -2.68. The number of aliphatic hydroxyl groups is 2. The van der Waals surface area contributed by atoms with Gasteiger partial charge in [-0.3, -0.25) is 20.9 Å². The molecule has 0 amide bonds. The van der Waals surface area contributed by atoms with E-state index in [-0.39, 0.29) is 18.4 Å². The van der Waals surface area contributed by atoms with Crippen LogP contribution in [0.3, 0.4) is 0 Å². The third-order valence-electron chi connectivity index (χ3n) is 10.8. The summed E-state index contributed by atoms with van der Waals surface area (Å²) in [5, 5.41) is 39.5. The molecule has 3 saturated heterocycles. The zero-order chi connectivity index (χ0) is 28.2. The van der Waals surface area contributed by atoms with E-state index in [1.807, 2.05) is 0 Å². The third-order valence-corrected chi connectivity index (χ3v) is 10.8. The zero-order valence-corrected chi connectivity index (χ0v) is 24.5. The number of aliphatic hydroxyl groups excluding tert-OH is 2. The Labute approximate surface area is 243 Å². The molecule has 4 heterocycles. The fraction of sp³-hybridized carbons (Fsp3) is 0.800. The van der Waals surface area contributed by atoms with Crippen molar-refractivity contribution in [2.45, 2.75) is 126 Å². The summed E-state index contributed by atoms with van der Waals surface area (Å²) in [4.78, 5) is 4.54. The fourth-order valence-corrected chi connectivity index (χ4v) is 7.96. The van der Waals surface area contributed by atoms with Crippen molar-refractivity contribution >= 4 is 11.4 Å². The van der Waals surface area contributed by atoms with Gasteiger partial charge in [-0.1, -0.05) is 12.5 Å². The Balaban J connectivity index is 0.889. The molecule has 6 aliphatic rings. The predicted molar refractivity (Wildman–Crippen MR) is 159 cm³/mol. The molecule has 0 aromatic heterocycles. The molecule has 0 spiro atoms. The number of fused-ring (bicyclic) bond motifs is 2. The highest BCUT2D eigenvalue weighted by molar-refractivity contribution is 5.75. The molecule has 1 aromatic carbocycles. The Morgan fingerprint density at radius 3 is 2.61 bits per heavy atom. The SMILES string of the molecule is CC(C)N(C[C@H]1O[C@@H](N2CNC3C(N)NCNC32)[C@H](O)[C@@H]1O)C1CC(CCC2Nc3ccc(C4CCC4)cc3N2)C1. The van der Waals surface area contributed by atoms with Crippen LogP contribution in [0.5, 0.6) is 0 Å². The van der Waals surface area contributed by atoms with E-state index in [1.165, 1.54) is 55.5 Å². The summed E-state index contributed by atoms with van der Waals surface area (Å²) in [6.07, 6.45) is 5.91. The molecule has 4 unspecified atom stereocenters. The molecule has 5 fully saturated rings. The summed E-state index contributed by atoms with van der Waals surface area (Å²) in [5.41, 5.74) is 10.2. The van der Waals surface area contributed by atoms with Crippen molar-refractivity contribution in [1.29, 1.82) is 0 Å². The van der Waals surface area contributed by atoms with Crippen molar-refractivity contribution < 1.29 is 14.9 Å². The number of anilines is 2. The first-order valence-electron chi connectivity index (χ1n) is 16.0. The molecule has 228 valence electrons. The minimum Gasteiger partial charge on any atom is -0.387 e. The smallest absolute Gasteiger partial charge is 0.142 e. The highest BCUT2D eigenvalue weighted by Gasteiger charge is 2.52. The van der Waals surface area contributed by atoms with Crippen LogP contribution in [0.4, 0.5) is 11.4 Å². The minimum atomic E-state index is -0.961. The number of benzene rings is 1. The second kappa shape index (κ2) is 11.5. The van der Waals surface area contributed by atoms with Gasteiger partial charge in [0, 0.05) is 25.3 Å². The van der Waals surface area contributed by atoms with E-state index in [0.29, 0.717) is 38.1 Å². The van der Waals surface area contributed by atoms with E-state index in [4.69, 9.17) is 10.5 Å². The fourth-order valence-electron chi connectivity index (χ4n) is 7.96. The van der Waals surface area contributed by atoms with E-state index in [1.54, 1.807) is 0 Å². The Kier molecular flexibility index (Phi) is 7.93. The van der Waals surface area contributed by atoms with Gasteiger partial charge >= 0.3 is 0 Å². The number of nitrogens with zero attached hydrogens (tertiary/aromatic N) is 2. The number of nitrogens with two attached hydrogens (primary N) is 1. The van der Waals surface area contributed by atoms with Gasteiger partial charge in [0.1, 0.15) is 24.5 Å². The average Bonchev–Trinajstić information content (AvgIpc) is 3.58. The van der Waals surface area contributed by atoms with Gasteiger partial charge in [0.2, 0.25) is 0 Å². The summed E-state index contributed by atoms with van der Waals surface area (Å²) in [6.45, 7) is 6.21.